The molecule has 30 heavy (non-hydrogen) atoms. The molecule has 0 saturated carbocycles. The smallest absolute Gasteiger partial charge is 0.256 e. The third-order valence-corrected chi connectivity index (χ3v) is 5.28. The molecule has 0 atom stereocenters. The molecule has 2 aromatic rings. The van der Waals surface area contributed by atoms with Crippen LogP contribution in [0, 0.1) is 5.82 Å². The molecular weight excluding hydrogens is 387 g/mol. The lowest BCUT2D eigenvalue weighted by atomic mass is 10.1. The minimum atomic E-state index is -0.520. The molecule has 2 amide bonds. The van der Waals surface area contributed by atoms with Crippen molar-refractivity contribution in [1.82, 2.24) is 9.80 Å². The standard InChI is InChI=1S/C23H27FN2O4/c1-29-18-14-17(15-19(16-18)30-2)8-9-22(27)25-10-5-11-26(13-12-25)23(28)20-6-3-4-7-21(20)24/h3-4,6-7,14-16H,5,8-13H2,1-2H3. The van der Waals surface area contributed by atoms with E-state index in [9.17, 15) is 14.0 Å². The number of ether oxygens (including phenoxy) is 2. The number of aryl methyl sites for hydroxylation is 1. The number of hydrogen-bond donors (Lipinski definition) is 0. The first-order chi connectivity index (χ1) is 14.5. The zero-order chi connectivity index (χ0) is 21.5. The van der Waals surface area contributed by atoms with Crippen LogP contribution < -0.4 is 9.47 Å². The van der Waals surface area contributed by atoms with Crippen molar-refractivity contribution in [1.29, 1.82) is 0 Å². The van der Waals surface area contributed by atoms with Crippen LogP contribution in [0.1, 0.15) is 28.8 Å². The normalized spacial score (nSPS) is 14.2. The van der Waals surface area contributed by atoms with Crippen LogP contribution in [0.5, 0.6) is 11.5 Å². The second-order valence-corrected chi connectivity index (χ2v) is 7.23. The van der Waals surface area contributed by atoms with E-state index in [1.165, 1.54) is 12.1 Å². The van der Waals surface area contributed by atoms with Crippen molar-refractivity contribution in [2.24, 2.45) is 0 Å². The van der Waals surface area contributed by atoms with E-state index in [0.29, 0.717) is 56.9 Å². The molecule has 3 rings (SSSR count). The molecular formula is C23H27FN2O4. The minimum Gasteiger partial charge on any atom is -0.497 e. The molecule has 160 valence electrons. The van der Waals surface area contributed by atoms with Crippen molar-refractivity contribution in [3.63, 3.8) is 0 Å². The molecule has 0 unspecified atom stereocenters. The lowest BCUT2D eigenvalue weighted by molar-refractivity contribution is -0.131. The van der Waals surface area contributed by atoms with E-state index in [2.05, 4.69) is 0 Å². The van der Waals surface area contributed by atoms with E-state index < -0.39 is 5.82 Å². The summed E-state index contributed by atoms with van der Waals surface area (Å²) in [5.41, 5.74) is 1.04. The lowest BCUT2D eigenvalue weighted by Crippen LogP contribution is -2.37. The summed E-state index contributed by atoms with van der Waals surface area (Å²) < 4.78 is 24.5. The minimum absolute atomic E-state index is 0.0389. The van der Waals surface area contributed by atoms with Crippen LogP contribution in [0.3, 0.4) is 0 Å². The first-order valence-corrected chi connectivity index (χ1v) is 10.1. The van der Waals surface area contributed by atoms with Gasteiger partial charge in [0.05, 0.1) is 19.8 Å². The van der Waals surface area contributed by atoms with Gasteiger partial charge in [-0.1, -0.05) is 12.1 Å². The number of halogens is 1. The van der Waals surface area contributed by atoms with Gasteiger partial charge in [0.2, 0.25) is 5.91 Å². The average Bonchev–Trinajstić information content (AvgIpc) is 3.03. The van der Waals surface area contributed by atoms with Crippen molar-refractivity contribution >= 4 is 11.8 Å². The quantitative estimate of drug-likeness (QED) is 0.729. The van der Waals surface area contributed by atoms with Gasteiger partial charge in [-0.25, -0.2) is 4.39 Å². The number of nitrogens with zero attached hydrogens (tertiary/aromatic N) is 2. The Balaban J connectivity index is 1.57. The van der Waals surface area contributed by atoms with Crippen molar-refractivity contribution in [3.8, 4) is 11.5 Å². The van der Waals surface area contributed by atoms with Gasteiger partial charge < -0.3 is 19.3 Å². The van der Waals surface area contributed by atoms with E-state index in [4.69, 9.17) is 9.47 Å². The summed E-state index contributed by atoms with van der Waals surface area (Å²) in [4.78, 5) is 28.8. The zero-order valence-electron chi connectivity index (χ0n) is 17.4. The Hall–Kier alpha value is -3.09. The molecule has 6 nitrogen and oxygen atoms in total. The maximum atomic E-state index is 13.9. The summed E-state index contributed by atoms with van der Waals surface area (Å²) in [6, 6.07) is 11.6. The lowest BCUT2D eigenvalue weighted by Gasteiger charge is -2.22. The molecule has 0 radical (unpaired) electrons. The van der Waals surface area contributed by atoms with E-state index >= 15 is 0 Å². The van der Waals surface area contributed by atoms with Crippen molar-refractivity contribution < 1.29 is 23.5 Å². The highest BCUT2D eigenvalue weighted by molar-refractivity contribution is 5.94. The molecule has 0 N–H and O–H groups in total. The SMILES string of the molecule is COc1cc(CCC(=O)N2CCCN(C(=O)c3ccccc3F)CC2)cc(OC)c1. The number of benzene rings is 2. The summed E-state index contributed by atoms with van der Waals surface area (Å²) >= 11 is 0. The Morgan fingerprint density at radius 1 is 0.933 bits per heavy atom. The Kier molecular flexibility index (Phi) is 7.27. The molecule has 0 bridgehead atoms. The Labute approximate surface area is 176 Å². The second kappa shape index (κ2) is 10.1. The zero-order valence-corrected chi connectivity index (χ0v) is 17.4. The molecule has 0 aliphatic carbocycles. The summed E-state index contributed by atoms with van der Waals surface area (Å²) in [5, 5.41) is 0. The number of methoxy groups -OCH3 is 2. The van der Waals surface area contributed by atoms with Crippen LogP contribution >= 0.6 is 0 Å². The highest BCUT2D eigenvalue weighted by atomic mass is 19.1. The number of rotatable bonds is 6. The third-order valence-electron chi connectivity index (χ3n) is 5.28. The van der Waals surface area contributed by atoms with Gasteiger partial charge in [-0.05, 0) is 42.7 Å². The van der Waals surface area contributed by atoms with E-state index in [0.717, 1.165) is 5.56 Å². The van der Waals surface area contributed by atoms with Gasteiger partial charge in [0.25, 0.3) is 5.91 Å². The van der Waals surface area contributed by atoms with Crippen molar-refractivity contribution in [2.45, 2.75) is 19.3 Å². The fourth-order valence-electron chi connectivity index (χ4n) is 3.60. The monoisotopic (exact) mass is 414 g/mol. The van der Waals surface area contributed by atoms with Gasteiger partial charge in [0.1, 0.15) is 17.3 Å². The first-order valence-electron chi connectivity index (χ1n) is 10.1. The predicted molar refractivity (Wildman–Crippen MR) is 111 cm³/mol. The summed E-state index contributed by atoms with van der Waals surface area (Å²) in [5.74, 6) is 0.569. The van der Waals surface area contributed by atoms with Gasteiger partial charge in [0.15, 0.2) is 0 Å². The number of amides is 2. The predicted octanol–water partition coefficient (Wildman–Crippen LogP) is 3.15. The van der Waals surface area contributed by atoms with Crippen molar-refractivity contribution in [3.05, 3.63) is 59.4 Å². The molecule has 0 spiro atoms. The fourth-order valence-corrected chi connectivity index (χ4v) is 3.60. The molecule has 1 heterocycles. The fraction of sp³-hybridized carbons (Fsp3) is 0.391. The maximum Gasteiger partial charge on any atom is 0.256 e. The van der Waals surface area contributed by atoms with E-state index in [1.54, 1.807) is 42.2 Å². The van der Waals surface area contributed by atoms with Crippen LogP contribution in [0.15, 0.2) is 42.5 Å². The summed E-state index contributed by atoms with van der Waals surface area (Å²) in [6.07, 6.45) is 1.59. The Morgan fingerprint density at radius 3 is 2.23 bits per heavy atom. The summed E-state index contributed by atoms with van der Waals surface area (Å²) in [7, 11) is 3.19. The van der Waals surface area contributed by atoms with Crippen molar-refractivity contribution in [2.75, 3.05) is 40.4 Å². The van der Waals surface area contributed by atoms with Gasteiger partial charge in [-0.2, -0.15) is 0 Å². The second-order valence-electron chi connectivity index (χ2n) is 7.23. The van der Waals surface area contributed by atoms with Crippen LogP contribution in [0.4, 0.5) is 4.39 Å². The number of hydrogen-bond acceptors (Lipinski definition) is 4. The highest BCUT2D eigenvalue weighted by Crippen LogP contribution is 2.23. The number of carbonyl (C=O) groups excluding carboxylic acids is 2. The first kappa shape index (κ1) is 21.6. The van der Waals surface area contributed by atoms with Crippen LogP contribution in [0.2, 0.25) is 0 Å². The topological polar surface area (TPSA) is 59.1 Å². The molecule has 0 aromatic heterocycles. The maximum absolute atomic E-state index is 13.9. The molecule has 1 aliphatic rings. The molecule has 2 aromatic carbocycles. The van der Waals surface area contributed by atoms with Crippen LogP contribution in [0.25, 0.3) is 0 Å². The largest absolute Gasteiger partial charge is 0.497 e. The highest BCUT2D eigenvalue weighted by Gasteiger charge is 2.24. The Morgan fingerprint density at radius 2 is 1.57 bits per heavy atom. The third kappa shape index (κ3) is 5.28. The van der Waals surface area contributed by atoms with Crippen LogP contribution in [-0.4, -0.2) is 62.0 Å². The molecule has 1 aliphatic heterocycles. The van der Waals surface area contributed by atoms with Crippen LogP contribution in [-0.2, 0) is 11.2 Å². The molecule has 1 saturated heterocycles. The van der Waals surface area contributed by atoms with Gasteiger partial charge >= 0.3 is 0 Å². The number of carbonyl (C=O) groups is 2. The van der Waals surface area contributed by atoms with E-state index in [-0.39, 0.29) is 17.4 Å². The van der Waals surface area contributed by atoms with Gasteiger partial charge in [-0.3, -0.25) is 9.59 Å². The molecule has 7 heteroatoms. The van der Waals surface area contributed by atoms with Gasteiger partial charge in [-0.15, -0.1) is 0 Å². The molecule has 1 fully saturated rings. The summed E-state index contributed by atoms with van der Waals surface area (Å²) in [6.45, 7) is 1.93. The van der Waals surface area contributed by atoms with E-state index in [1.807, 2.05) is 12.1 Å². The average molecular weight is 414 g/mol. The van der Waals surface area contributed by atoms with Gasteiger partial charge in [0, 0.05) is 38.7 Å². The Bertz CT molecular complexity index is 880.